The molecule has 88 valence electrons. The van der Waals surface area contributed by atoms with E-state index in [2.05, 4.69) is 0 Å². The van der Waals surface area contributed by atoms with Crippen molar-refractivity contribution in [1.82, 2.24) is 0 Å². The molecule has 0 spiro atoms. The summed E-state index contributed by atoms with van der Waals surface area (Å²) in [5.41, 5.74) is 1.02. The zero-order chi connectivity index (χ0) is 12.4. The van der Waals surface area contributed by atoms with Crippen LogP contribution in [0.4, 0.5) is 4.39 Å². The number of carbonyl (C=O) groups excluding carboxylic acids is 1. The number of fused-ring (bicyclic) bond motifs is 1. The fraction of sp³-hybridized carbons (Fsp3) is 0.154. The molecule has 0 aliphatic rings. The highest BCUT2D eigenvalue weighted by molar-refractivity contribution is 6.35. The second-order valence-corrected chi connectivity index (χ2v) is 4.41. The third kappa shape index (κ3) is 2.15. The van der Waals surface area contributed by atoms with Gasteiger partial charge in [0, 0.05) is 16.8 Å². The van der Waals surface area contributed by atoms with Crippen LogP contribution in [0.1, 0.15) is 15.9 Å². The summed E-state index contributed by atoms with van der Waals surface area (Å²) >= 11 is 11.8. The van der Waals surface area contributed by atoms with E-state index in [0.717, 1.165) is 0 Å². The van der Waals surface area contributed by atoms with Crippen LogP contribution in [0.5, 0.6) is 0 Å². The van der Waals surface area contributed by atoms with Crippen molar-refractivity contribution in [3.63, 3.8) is 0 Å². The molecular formula is C13H9Cl2FO. The Balaban J connectivity index is 2.84. The van der Waals surface area contributed by atoms with Gasteiger partial charge < -0.3 is 0 Å². The molecule has 0 saturated carbocycles. The van der Waals surface area contributed by atoms with Crippen molar-refractivity contribution in [2.45, 2.75) is 6.42 Å². The fourth-order valence-electron chi connectivity index (χ4n) is 1.85. The minimum absolute atomic E-state index is 0.323. The van der Waals surface area contributed by atoms with Gasteiger partial charge in [0.25, 0.3) is 0 Å². The van der Waals surface area contributed by atoms with Gasteiger partial charge >= 0.3 is 0 Å². The molecule has 0 fully saturated rings. The fourth-order valence-corrected chi connectivity index (χ4v) is 2.35. The van der Waals surface area contributed by atoms with E-state index in [0.29, 0.717) is 45.5 Å². The molecule has 0 saturated heterocycles. The van der Waals surface area contributed by atoms with Gasteiger partial charge in [-0.3, -0.25) is 4.79 Å². The average Bonchev–Trinajstić information content (AvgIpc) is 2.32. The quantitative estimate of drug-likeness (QED) is 0.603. The van der Waals surface area contributed by atoms with Crippen molar-refractivity contribution in [2.75, 3.05) is 5.88 Å². The summed E-state index contributed by atoms with van der Waals surface area (Å²) in [6, 6.07) is 6.25. The molecule has 2 rings (SSSR count). The molecule has 0 radical (unpaired) electrons. The Bertz CT molecular complexity index is 581. The normalized spacial score (nSPS) is 10.8. The Morgan fingerprint density at radius 1 is 1.29 bits per heavy atom. The van der Waals surface area contributed by atoms with Crippen molar-refractivity contribution >= 4 is 40.3 Å². The highest BCUT2D eigenvalue weighted by atomic mass is 35.5. The first kappa shape index (κ1) is 12.3. The number of hydrogen-bond acceptors (Lipinski definition) is 1. The smallest absolute Gasteiger partial charge is 0.152 e. The summed E-state index contributed by atoms with van der Waals surface area (Å²) in [6.07, 6.45) is 1.16. The lowest BCUT2D eigenvalue weighted by atomic mass is 10.00. The predicted octanol–water partition coefficient (Wildman–Crippen LogP) is 4.23. The number of benzene rings is 2. The highest BCUT2D eigenvalue weighted by Crippen LogP contribution is 2.30. The van der Waals surface area contributed by atoms with Crippen LogP contribution in [0.2, 0.25) is 5.02 Å². The van der Waals surface area contributed by atoms with E-state index in [1.807, 2.05) is 0 Å². The molecule has 0 aliphatic heterocycles. The second-order valence-electron chi connectivity index (χ2n) is 3.66. The van der Waals surface area contributed by atoms with E-state index in [4.69, 9.17) is 23.2 Å². The van der Waals surface area contributed by atoms with Crippen molar-refractivity contribution in [3.8, 4) is 0 Å². The van der Waals surface area contributed by atoms with E-state index < -0.39 is 0 Å². The van der Waals surface area contributed by atoms with Gasteiger partial charge in [0.15, 0.2) is 6.29 Å². The van der Waals surface area contributed by atoms with Crippen molar-refractivity contribution in [2.24, 2.45) is 0 Å². The molecule has 0 atom stereocenters. The van der Waals surface area contributed by atoms with Crippen LogP contribution in [0.25, 0.3) is 10.8 Å². The van der Waals surface area contributed by atoms with Crippen molar-refractivity contribution < 1.29 is 9.18 Å². The van der Waals surface area contributed by atoms with Crippen LogP contribution in [-0.4, -0.2) is 12.2 Å². The Labute approximate surface area is 108 Å². The molecule has 0 N–H and O–H groups in total. The highest BCUT2D eigenvalue weighted by Gasteiger charge is 2.13. The molecule has 0 heterocycles. The van der Waals surface area contributed by atoms with Crippen molar-refractivity contribution in [3.05, 3.63) is 46.2 Å². The first-order valence-corrected chi connectivity index (χ1v) is 6.01. The number of hydrogen-bond donors (Lipinski definition) is 0. The van der Waals surface area contributed by atoms with Gasteiger partial charge in [0.05, 0.1) is 5.02 Å². The van der Waals surface area contributed by atoms with E-state index in [9.17, 15) is 9.18 Å². The van der Waals surface area contributed by atoms with Gasteiger partial charge in [0.2, 0.25) is 0 Å². The molecule has 0 bridgehead atoms. The lowest BCUT2D eigenvalue weighted by molar-refractivity contribution is 0.112. The van der Waals surface area contributed by atoms with Gasteiger partial charge in [-0.05, 0) is 29.5 Å². The SMILES string of the molecule is O=Cc1c(Cl)c(CCCl)cc2c(F)cccc12. The standard InChI is InChI=1S/C13H9Cl2FO/c14-5-4-8-6-10-9(2-1-3-12(10)16)11(7-17)13(8)15/h1-3,6-7H,4-5H2. The van der Waals surface area contributed by atoms with Crippen molar-refractivity contribution in [1.29, 1.82) is 0 Å². The topological polar surface area (TPSA) is 17.1 Å². The Morgan fingerprint density at radius 3 is 2.71 bits per heavy atom. The van der Waals surface area contributed by atoms with E-state index in [-0.39, 0.29) is 5.82 Å². The molecule has 0 aliphatic carbocycles. The van der Waals surface area contributed by atoms with Crippen LogP contribution in [0.3, 0.4) is 0 Å². The maximum Gasteiger partial charge on any atom is 0.152 e. The van der Waals surface area contributed by atoms with Gasteiger partial charge in [-0.2, -0.15) is 0 Å². The number of aldehydes is 1. The van der Waals surface area contributed by atoms with E-state index in [1.54, 1.807) is 18.2 Å². The Kier molecular flexibility index (Phi) is 3.65. The largest absolute Gasteiger partial charge is 0.298 e. The Hall–Kier alpha value is -1.12. The molecule has 0 aromatic heterocycles. The minimum Gasteiger partial charge on any atom is -0.298 e. The van der Waals surface area contributed by atoms with Crippen LogP contribution < -0.4 is 0 Å². The van der Waals surface area contributed by atoms with Gasteiger partial charge in [-0.25, -0.2) is 4.39 Å². The predicted molar refractivity (Wildman–Crippen MR) is 68.7 cm³/mol. The zero-order valence-electron chi connectivity index (χ0n) is 8.84. The maximum atomic E-state index is 13.7. The van der Waals surface area contributed by atoms with Gasteiger partial charge in [-0.1, -0.05) is 23.7 Å². The summed E-state index contributed by atoms with van der Waals surface area (Å²) in [5.74, 6) is 0.0101. The first-order valence-electron chi connectivity index (χ1n) is 5.09. The average molecular weight is 271 g/mol. The van der Waals surface area contributed by atoms with Crippen LogP contribution >= 0.6 is 23.2 Å². The Morgan fingerprint density at radius 2 is 2.06 bits per heavy atom. The molecule has 2 aromatic rings. The first-order chi connectivity index (χ1) is 8.19. The molecular weight excluding hydrogens is 262 g/mol. The van der Waals surface area contributed by atoms with Crippen LogP contribution in [-0.2, 0) is 6.42 Å². The summed E-state index contributed by atoms with van der Waals surface area (Å²) in [7, 11) is 0. The number of rotatable bonds is 3. The van der Waals surface area contributed by atoms with Gasteiger partial charge in [-0.15, -0.1) is 11.6 Å². The number of halogens is 3. The molecule has 1 nitrogen and oxygen atoms in total. The van der Waals surface area contributed by atoms with Crippen LogP contribution in [0, 0.1) is 5.82 Å². The van der Waals surface area contributed by atoms with Crippen LogP contribution in [0.15, 0.2) is 24.3 Å². The minimum atomic E-state index is -0.363. The summed E-state index contributed by atoms with van der Waals surface area (Å²) in [4.78, 5) is 11.1. The van der Waals surface area contributed by atoms with E-state index >= 15 is 0 Å². The summed E-state index contributed by atoms with van der Waals surface area (Å²) < 4.78 is 13.7. The number of alkyl halides is 1. The third-order valence-electron chi connectivity index (χ3n) is 2.66. The zero-order valence-corrected chi connectivity index (χ0v) is 10.4. The summed E-state index contributed by atoms with van der Waals surface area (Å²) in [5, 5.41) is 1.29. The monoisotopic (exact) mass is 270 g/mol. The number of aryl methyl sites for hydroxylation is 1. The maximum absolute atomic E-state index is 13.7. The second kappa shape index (κ2) is 5.03. The van der Waals surface area contributed by atoms with Gasteiger partial charge in [0.1, 0.15) is 5.82 Å². The lowest BCUT2D eigenvalue weighted by Gasteiger charge is -2.09. The third-order valence-corrected chi connectivity index (χ3v) is 3.30. The molecule has 4 heteroatoms. The van der Waals surface area contributed by atoms with E-state index in [1.165, 1.54) is 6.07 Å². The molecule has 2 aromatic carbocycles. The molecule has 0 amide bonds. The lowest BCUT2D eigenvalue weighted by Crippen LogP contribution is -1.95. The molecule has 0 unspecified atom stereocenters. The summed E-state index contributed by atoms with van der Waals surface area (Å²) in [6.45, 7) is 0. The molecule has 17 heavy (non-hydrogen) atoms. The number of carbonyl (C=O) groups is 1.